The van der Waals surface area contributed by atoms with Gasteiger partial charge in [0.2, 0.25) is 0 Å². The van der Waals surface area contributed by atoms with Crippen molar-refractivity contribution >= 4 is 29.3 Å². The molecule has 2 rings (SSSR count). The highest BCUT2D eigenvalue weighted by atomic mass is 16.6. The molecule has 1 heterocycles. The number of methoxy groups -OCH3 is 2. The highest BCUT2D eigenvalue weighted by Gasteiger charge is 2.30. The number of allylic oxidation sites excluding steroid dienone is 2. The van der Waals surface area contributed by atoms with Crippen LogP contribution in [0.1, 0.15) is 10.4 Å². The molecule has 0 radical (unpaired) electrons. The van der Waals surface area contributed by atoms with Crippen LogP contribution >= 0.6 is 0 Å². The van der Waals surface area contributed by atoms with E-state index in [0.717, 1.165) is 37.3 Å². The first-order valence-corrected chi connectivity index (χ1v) is 7.38. The van der Waals surface area contributed by atoms with Gasteiger partial charge in [-0.1, -0.05) is 6.08 Å². The number of nitrogens with zero attached hydrogens (tertiary/aromatic N) is 2. The third-order valence-corrected chi connectivity index (χ3v) is 3.57. The zero-order valence-electron chi connectivity index (χ0n) is 14.2. The molecule has 1 aliphatic heterocycles. The van der Waals surface area contributed by atoms with Crippen molar-refractivity contribution < 1.29 is 33.9 Å². The van der Waals surface area contributed by atoms with Gasteiger partial charge in [-0.3, -0.25) is 10.1 Å². The summed E-state index contributed by atoms with van der Waals surface area (Å²) >= 11 is 0. The van der Waals surface area contributed by atoms with Gasteiger partial charge in [0, 0.05) is 18.3 Å². The number of nitro groups is 1. The first-order chi connectivity index (χ1) is 12.8. The molecule has 1 aromatic carbocycles. The van der Waals surface area contributed by atoms with Crippen LogP contribution in [0.5, 0.6) is 0 Å². The Morgan fingerprint density at radius 1 is 1.11 bits per heavy atom. The molecular weight excluding hydrogens is 360 g/mol. The molecule has 0 aliphatic carbocycles. The van der Waals surface area contributed by atoms with Crippen LogP contribution in [-0.4, -0.2) is 42.2 Å². The summed E-state index contributed by atoms with van der Waals surface area (Å²) in [6.07, 6.45) is 5.53. The van der Waals surface area contributed by atoms with Crippen LogP contribution in [0.15, 0.2) is 53.9 Å². The number of ether oxygens (including phenoxy) is 2. The van der Waals surface area contributed by atoms with Crippen LogP contribution in [0.25, 0.3) is 0 Å². The number of benzene rings is 1. The highest BCUT2D eigenvalue weighted by Crippen LogP contribution is 2.31. The summed E-state index contributed by atoms with van der Waals surface area (Å²) in [5.41, 5.74) is -1.43. The number of rotatable bonds is 5. The number of hydrogen-bond donors (Lipinski definition) is 1. The summed E-state index contributed by atoms with van der Waals surface area (Å²) < 4.78 is 9.38. The fourth-order valence-electron chi connectivity index (χ4n) is 2.37. The normalized spacial score (nSPS) is 13.2. The number of non-ortho nitro benzene ring substituents is 1. The van der Waals surface area contributed by atoms with E-state index in [0.29, 0.717) is 0 Å². The minimum atomic E-state index is -1.46. The Labute approximate surface area is 152 Å². The Hall–Kier alpha value is -3.95. The van der Waals surface area contributed by atoms with Gasteiger partial charge < -0.3 is 19.5 Å². The Bertz CT molecular complexity index is 914. The molecule has 1 aromatic rings. The number of nitro benzene ring substituents is 1. The van der Waals surface area contributed by atoms with Crippen molar-refractivity contribution in [1.29, 1.82) is 0 Å². The molecule has 1 aliphatic rings. The number of carboxylic acids is 1. The predicted molar refractivity (Wildman–Crippen MR) is 91.9 cm³/mol. The van der Waals surface area contributed by atoms with E-state index in [1.54, 1.807) is 0 Å². The van der Waals surface area contributed by atoms with Gasteiger partial charge in [-0.05, 0) is 18.2 Å². The SMILES string of the molecule is COC(=O)C1=C(C(=O)OC)N(c2ccc([N+](=O)[O-])cc2C(=O)O)C=CC=C1. The standard InChI is InChI=1S/C17H14N2O8/c1-26-16(22)11-5-3-4-8-18(14(11)17(23)27-2)13-7-6-10(19(24)25)9-12(13)15(20)21/h3-9H,1-2H3,(H,20,21). The van der Waals surface area contributed by atoms with Crippen molar-refractivity contribution in [2.24, 2.45) is 0 Å². The predicted octanol–water partition coefficient (Wildman–Crippen LogP) is 1.78. The molecule has 0 atom stereocenters. The molecule has 10 nitrogen and oxygen atoms in total. The summed E-state index contributed by atoms with van der Waals surface area (Å²) in [5, 5.41) is 20.4. The molecule has 0 fully saturated rings. The lowest BCUT2D eigenvalue weighted by Gasteiger charge is -2.24. The fourth-order valence-corrected chi connectivity index (χ4v) is 2.37. The first-order valence-electron chi connectivity index (χ1n) is 7.38. The van der Waals surface area contributed by atoms with E-state index < -0.39 is 34.1 Å². The van der Waals surface area contributed by atoms with Crippen molar-refractivity contribution in [2.75, 3.05) is 19.1 Å². The van der Waals surface area contributed by atoms with Gasteiger partial charge in [0.15, 0.2) is 0 Å². The number of carbonyl (C=O) groups is 3. The molecule has 0 amide bonds. The summed E-state index contributed by atoms with van der Waals surface area (Å²) in [7, 11) is 2.21. The maximum atomic E-state index is 12.3. The molecule has 0 saturated heterocycles. The van der Waals surface area contributed by atoms with E-state index in [1.807, 2.05) is 0 Å². The fraction of sp³-hybridized carbons (Fsp3) is 0.118. The zero-order valence-corrected chi connectivity index (χ0v) is 14.2. The molecule has 0 aromatic heterocycles. The van der Waals surface area contributed by atoms with Crippen molar-refractivity contribution in [3.8, 4) is 0 Å². The Morgan fingerprint density at radius 2 is 1.78 bits per heavy atom. The maximum absolute atomic E-state index is 12.3. The van der Waals surface area contributed by atoms with Crippen molar-refractivity contribution in [1.82, 2.24) is 0 Å². The van der Waals surface area contributed by atoms with Gasteiger partial charge in [0.25, 0.3) is 5.69 Å². The van der Waals surface area contributed by atoms with E-state index >= 15 is 0 Å². The van der Waals surface area contributed by atoms with Crippen LogP contribution in [0.2, 0.25) is 0 Å². The quantitative estimate of drug-likeness (QED) is 0.464. The van der Waals surface area contributed by atoms with Crippen LogP contribution in [0, 0.1) is 10.1 Å². The zero-order chi connectivity index (χ0) is 20.1. The molecule has 27 heavy (non-hydrogen) atoms. The largest absolute Gasteiger partial charge is 0.478 e. The first kappa shape index (κ1) is 19.4. The third-order valence-electron chi connectivity index (χ3n) is 3.57. The number of aromatic carboxylic acids is 1. The van der Waals surface area contributed by atoms with Crippen LogP contribution in [0.4, 0.5) is 11.4 Å². The van der Waals surface area contributed by atoms with Crippen LogP contribution < -0.4 is 4.90 Å². The minimum Gasteiger partial charge on any atom is -0.478 e. The number of anilines is 1. The maximum Gasteiger partial charge on any atom is 0.355 e. The lowest BCUT2D eigenvalue weighted by molar-refractivity contribution is -0.384. The summed E-state index contributed by atoms with van der Waals surface area (Å²) in [5.74, 6) is -3.23. The number of esters is 2. The van der Waals surface area contributed by atoms with Gasteiger partial charge in [-0.15, -0.1) is 0 Å². The van der Waals surface area contributed by atoms with Crippen molar-refractivity contribution in [3.05, 3.63) is 69.6 Å². The molecule has 0 saturated carbocycles. The monoisotopic (exact) mass is 374 g/mol. The van der Waals surface area contributed by atoms with E-state index in [9.17, 15) is 29.6 Å². The number of carboxylic acid groups (broad SMARTS) is 1. The van der Waals surface area contributed by atoms with Gasteiger partial charge in [-0.2, -0.15) is 0 Å². The lowest BCUT2D eigenvalue weighted by atomic mass is 10.1. The smallest absolute Gasteiger partial charge is 0.355 e. The van der Waals surface area contributed by atoms with Crippen LogP contribution in [-0.2, 0) is 19.1 Å². The molecule has 140 valence electrons. The van der Waals surface area contributed by atoms with E-state index in [2.05, 4.69) is 4.74 Å². The highest BCUT2D eigenvalue weighted by molar-refractivity contribution is 6.07. The van der Waals surface area contributed by atoms with E-state index in [1.165, 1.54) is 24.4 Å². The molecule has 0 unspecified atom stereocenters. The lowest BCUT2D eigenvalue weighted by Crippen LogP contribution is -2.28. The second-order valence-electron chi connectivity index (χ2n) is 5.08. The molecule has 10 heteroatoms. The van der Waals surface area contributed by atoms with Crippen LogP contribution in [0.3, 0.4) is 0 Å². The van der Waals surface area contributed by atoms with Gasteiger partial charge >= 0.3 is 17.9 Å². The summed E-state index contributed by atoms with van der Waals surface area (Å²) in [6, 6.07) is 3.10. The van der Waals surface area contributed by atoms with Crippen molar-refractivity contribution in [3.63, 3.8) is 0 Å². The topological polar surface area (TPSA) is 136 Å². The number of carbonyl (C=O) groups excluding carboxylic acids is 2. The van der Waals surface area contributed by atoms with E-state index in [4.69, 9.17) is 4.74 Å². The molecule has 0 spiro atoms. The van der Waals surface area contributed by atoms with E-state index in [-0.39, 0.29) is 17.0 Å². The summed E-state index contributed by atoms with van der Waals surface area (Å²) in [6.45, 7) is 0. The Kier molecular flexibility index (Phi) is 5.71. The average molecular weight is 374 g/mol. The second kappa shape index (κ2) is 7.95. The third kappa shape index (κ3) is 3.84. The molecule has 1 N–H and O–H groups in total. The summed E-state index contributed by atoms with van der Waals surface area (Å²) in [4.78, 5) is 47.4. The number of hydrogen-bond acceptors (Lipinski definition) is 8. The van der Waals surface area contributed by atoms with Gasteiger partial charge in [0.05, 0.1) is 36.0 Å². The Balaban J connectivity index is 2.78. The minimum absolute atomic E-state index is 0.0742. The average Bonchev–Trinajstić information content (AvgIpc) is 2.88. The second-order valence-corrected chi connectivity index (χ2v) is 5.08. The Morgan fingerprint density at radius 3 is 2.33 bits per heavy atom. The van der Waals surface area contributed by atoms with Gasteiger partial charge in [0.1, 0.15) is 5.70 Å². The molecule has 0 bridgehead atoms. The van der Waals surface area contributed by atoms with Crippen molar-refractivity contribution in [2.45, 2.75) is 0 Å². The molecular formula is C17H14N2O8. The van der Waals surface area contributed by atoms with Gasteiger partial charge in [-0.25, -0.2) is 14.4 Å².